The van der Waals surface area contributed by atoms with Crippen molar-refractivity contribution in [1.82, 2.24) is 9.88 Å². The van der Waals surface area contributed by atoms with Crippen molar-refractivity contribution in [2.75, 3.05) is 18.6 Å². The number of thiophene rings is 1. The molecule has 0 aliphatic carbocycles. The zero-order valence-electron chi connectivity index (χ0n) is 16.1. The molecule has 0 saturated carbocycles. The van der Waals surface area contributed by atoms with Gasteiger partial charge in [0.1, 0.15) is 10.6 Å². The molecule has 0 radical (unpaired) electrons. The van der Waals surface area contributed by atoms with Crippen molar-refractivity contribution in [3.63, 3.8) is 0 Å². The molecular weight excluding hydrogens is 460 g/mol. The van der Waals surface area contributed by atoms with Gasteiger partial charge in [0, 0.05) is 21.6 Å². The molecule has 2 aromatic heterocycles. The van der Waals surface area contributed by atoms with Gasteiger partial charge in [-0.25, -0.2) is 4.98 Å². The number of rotatable bonds is 4. The minimum atomic E-state index is -0.245. The number of aryl methyl sites for hydroxylation is 1. The number of amides is 2. The van der Waals surface area contributed by atoms with E-state index in [9.17, 15) is 9.59 Å². The molecule has 30 heavy (non-hydrogen) atoms. The van der Waals surface area contributed by atoms with E-state index in [-0.39, 0.29) is 23.4 Å². The van der Waals surface area contributed by atoms with Crippen LogP contribution in [0.3, 0.4) is 0 Å². The van der Waals surface area contributed by atoms with Crippen molar-refractivity contribution >= 4 is 67.8 Å². The summed E-state index contributed by atoms with van der Waals surface area (Å²) in [6.07, 6.45) is 0.986. The van der Waals surface area contributed by atoms with E-state index < -0.39 is 0 Å². The fraction of sp³-hybridized carbons (Fsp3) is 0.286. The summed E-state index contributed by atoms with van der Waals surface area (Å²) in [6.45, 7) is 0.0971. The Morgan fingerprint density at radius 3 is 2.70 bits per heavy atom. The van der Waals surface area contributed by atoms with E-state index in [2.05, 4.69) is 0 Å². The highest BCUT2D eigenvalue weighted by Gasteiger charge is 2.32. The molecule has 4 heterocycles. The first-order valence-electron chi connectivity index (χ1n) is 9.38. The van der Waals surface area contributed by atoms with Gasteiger partial charge in [-0.3, -0.25) is 14.5 Å². The lowest BCUT2D eigenvalue weighted by molar-refractivity contribution is -0.125. The number of imide groups is 1. The number of carbonyl (C=O) groups is 2. The van der Waals surface area contributed by atoms with Crippen LogP contribution in [0.5, 0.6) is 5.75 Å². The van der Waals surface area contributed by atoms with Crippen LogP contribution in [-0.2, 0) is 23.5 Å². The molecule has 154 valence electrons. The quantitative estimate of drug-likeness (QED) is 0.487. The summed E-state index contributed by atoms with van der Waals surface area (Å²) in [6, 6.07) is 7.81. The molecule has 0 N–H and O–H groups in total. The third-order valence-corrected chi connectivity index (χ3v) is 8.85. The van der Waals surface area contributed by atoms with Crippen LogP contribution >= 0.6 is 46.5 Å². The van der Waals surface area contributed by atoms with Gasteiger partial charge in [0.15, 0.2) is 0 Å². The summed E-state index contributed by atoms with van der Waals surface area (Å²) in [5.74, 6) is 2.80. The molecule has 2 aliphatic rings. The van der Waals surface area contributed by atoms with Gasteiger partial charge in [0.25, 0.3) is 5.24 Å². The monoisotopic (exact) mass is 476 g/mol. The van der Waals surface area contributed by atoms with Crippen LogP contribution in [0.1, 0.15) is 16.1 Å². The van der Waals surface area contributed by atoms with Crippen LogP contribution in [0.4, 0.5) is 4.79 Å². The largest absolute Gasteiger partial charge is 0.497 e. The second-order valence-corrected chi connectivity index (χ2v) is 10.5. The molecule has 0 atom stereocenters. The van der Waals surface area contributed by atoms with E-state index in [4.69, 9.17) is 21.3 Å². The van der Waals surface area contributed by atoms with Crippen LogP contribution in [-0.4, -0.2) is 39.6 Å². The van der Waals surface area contributed by atoms with Gasteiger partial charge in [0.2, 0.25) is 5.91 Å². The molecule has 2 amide bonds. The van der Waals surface area contributed by atoms with Crippen LogP contribution < -0.4 is 4.74 Å². The van der Waals surface area contributed by atoms with Gasteiger partial charge in [-0.1, -0.05) is 35.5 Å². The van der Waals surface area contributed by atoms with Crippen LogP contribution in [0.15, 0.2) is 24.3 Å². The first kappa shape index (κ1) is 20.2. The van der Waals surface area contributed by atoms with Gasteiger partial charge >= 0.3 is 0 Å². The molecule has 0 spiro atoms. The normalized spacial score (nSPS) is 16.4. The van der Waals surface area contributed by atoms with Gasteiger partial charge in [-0.2, -0.15) is 11.8 Å². The highest BCUT2D eigenvalue weighted by Crippen LogP contribution is 2.45. The lowest BCUT2D eigenvalue weighted by atomic mass is 9.97. The number of fused-ring (bicyclic) bond motifs is 3. The minimum absolute atomic E-state index is 0.0971. The Hall–Kier alpha value is -1.74. The third kappa shape index (κ3) is 3.39. The number of halogens is 1. The SMILES string of the molecule is COc1ccc(-c2c(Cl)c(CN3C(=O)CSC3=O)nc3sc4c(c23)CCSC4)cc1. The van der Waals surface area contributed by atoms with Gasteiger partial charge in [0.05, 0.1) is 30.1 Å². The summed E-state index contributed by atoms with van der Waals surface area (Å²) in [5.41, 5.74) is 3.78. The average Bonchev–Trinajstić information content (AvgIpc) is 3.29. The van der Waals surface area contributed by atoms with Crippen molar-refractivity contribution < 1.29 is 14.3 Å². The van der Waals surface area contributed by atoms with Gasteiger partial charge in [-0.05, 0) is 35.4 Å². The number of ether oxygens (including phenoxy) is 1. The van der Waals surface area contributed by atoms with E-state index in [1.807, 2.05) is 36.0 Å². The minimum Gasteiger partial charge on any atom is -0.497 e. The van der Waals surface area contributed by atoms with Crippen molar-refractivity contribution in [3.05, 3.63) is 45.4 Å². The van der Waals surface area contributed by atoms with Crippen molar-refractivity contribution in [2.45, 2.75) is 18.7 Å². The number of benzene rings is 1. The molecular formula is C21H17ClN2O3S3. The van der Waals surface area contributed by atoms with E-state index in [0.29, 0.717) is 10.7 Å². The number of carbonyl (C=O) groups excluding carboxylic acids is 2. The summed E-state index contributed by atoms with van der Waals surface area (Å²) in [5, 5.41) is 1.36. The molecule has 5 rings (SSSR count). The maximum atomic E-state index is 12.1. The highest BCUT2D eigenvalue weighted by molar-refractivity contribution is 8.14. The molecule has 0 unspecified atom stereocenters. The first-order chi connectivity index (χ1) is 14.6. The zero-order chi connectivity index (χ0) is 20.8. The van der Waals surface area contributed by atoms with Crippen LogP contribution in [0, 0.1) is 0 Å². The smallest absolute Gasteiger partial charge is 0.289 e. The zero-order valence-corrected chi connectivity index (χ0v) is 19.3. The summed E-state index contributed by atoms with van der Waals surface area (Å²) < 4.78 is 5.30. The molecule has 3 aromatic rings. The molecule has 5 nitrogen and oxygen atoms in total. The summed E-state index contributed by atoms with van der Waals surface area (Å²) in [7, 11) is 1.64. The first-order valence-corrected chi connectivity index (χ1v) is 12.7. The second kappa shape index (κ2) is 8.07. The number of hydrogen-bond donors (Lipinski definition) is 0. The Bertz CT molecular complexity index is 1160. The second-order valence-electron chi connectivity index (χ2n) is 7.00. The molecule has 1 fully saturated rings. The fourth-order valence-electron chi connectivity index (χ4n) is 3.80. The maximum Gasteiger partial charge on any atom is 0.289 e. The predicted octanol–water partition coefficient (Wildman–Crippen LogP) is 5.61. The number of thioether (sulfide) groups is 2. The highest BCUT2D eigenvalue weighted by atomic mass is 35.5. The third-order valence-electron chi connectivity index (χ3n) is 5.29. The molecule has 9 heteroatoms. The number of hydrogen-bond acceptors (Lipinski definition) is 7. The molecule has 2 aliphatic heterocycles. The van der Waals surface area contributed by atoms with Crippen LogP contribution in [0.2, 0.25) is 5.02 Å². The van der Waals surface area contributed by atoms with E-state index in [1.165, 1.54) is 15.3 Å². The topological polar surface area (TPSA) is 59.5 Å². The summed E-state index contributed by atoms with van der Waals surface area (Å²) >= 11 is 11.6. The van der Waals surface area contributed by atoms with Crippen molar-refractivity contribution in [1.29, 1.82) is 0 Å². The number of aromatic nitrogens is 1. The van der Waals surface area contributed by atoms with E-state index in [0.717, 1.165) is 56.8 Å². The fourth-order valence-corrected chi connectivity index (χ4v) is 7.21. The lowest BCUT2D eigenvalue weighted by Crippen LogP contribution is -2.28. The Morgan fingerprint density at radius 2 is 2.00 bits per heavy atom. The van der Waals surface area contributed by atoms with Gasteiger partial charge in [-0.15, -0.1) is 11.3 Å². The standard InChI is InChI=1S/C21H17ClN2O3S3/c1-27-12-4-2-11(3-5-12)17-18-13-6-7-28-9-15(13)30-20(18)23-14(19(17)22)8-24-16(25)10-29-21(24)26/h2-5H,6-10H2,1H3. The number of pyridine rings is 1. The van der Waals surface area contributed by atoms with Gasteiger partial charge < -0.3 is 4.74 Å². The molecule has 0 bridgehead atoms. The van der Waals surface area contributed by atoms with Crippen molar-refractivity contribution in [2.24, 2.45) is 0 Å². The Morgan fingerprint density at radius 1 is 1.20 bits per heavy atom. The van der Waals surface area contributed by atoms with E-state index in [1.54, 1.807) is 18.4 Å². The van der Waals surface area contributed by atoms with Crippen LogP contribution in [0.25, 0.3) is 21.3 Å². The predicted molar refractivity (Wildman–Crippen MR) is 125 cm³/mol. The Labute approximate surface area is 191 Å². The number of methoxy groups -OCH3 is 1. The Kier molecular flexibility index (Phi) is 5.43. The Balaban J connectivity index is 1.71. The average molecular weight is 477 g/mol. The lowest BCUT2D eigenvalue weighted by Gasteiger charge is -2.17. The molecule has 1 aromatic carbocycles. The van der Waals surface area contributed by atoms with Crippen molar-refractivity contribution in [3.8, 4) is 16.9 Å². The van der Waals surface area contributed by atoms with E-state index >= 15 is 0 Å². The number of nitrogens with zero attached hydrogens (tertiary/aromatic N) is 2. The summed E-state index contributed by atoms with van der Waals surface area (Å²) in [4.78, 5) is 32.6. The maximum absolute atomic E-state index is 12.1. The molecule has 1 saturated heterocycles.